The van der Waals surface area contributed by atoms with Crippen LogP contribution in [0.25, 0.3) is 10.2 Å². The highest BCUT2D eigenvalue weighted by molar-refractivity contribution is 7.98. The molecule has 3 aromatic rings. The minimum absolute atomic E-state index is 0.125. The van der Waals surface area contributed by atoms with Crippen molar-refractivity contribution in [3.8, 4) is 0 Å². The van der Waals surface area contributed by atoms with Crippen molar-refractivity contribution in [1.29, 1.82) is 0 Å². The summed E-state index contributed by atoms with van der Waals surface area (Å²) in [5, 5.41) is 3.57. The summed E-state index contributed by atoms with van der Waals surface area (Å²) >= 11 is 3.21. The van der Waals surface area contributed by atoms with Gasteiger partial charge in [0.25, 0.3) is 5.56 Å². The molecule has 1 saturated carbocycles. The molecule has 0 unspecified atom stereocenters. The van der Waals surface area contributed by atoms with E-state index in [1.807, 2.05) is 16.0 Å². The number of aromatic nitrogens is 2. The van der Waals surface area contributed by atoms with Crippen LogP contribution in [0.2, 0.25) is 0 Å². The Balaban J connectivity index is 1.69. The maximum absolute atomic E-state index is 12.7. The van der Waals surface area contributed by atoms with Crippen molar-refractivity contribution in [2.24, 2.45) is 0 Å². The molecule has 112 valence electrons. The quantitative estimate of drug-likeness (QED) is 0.526. The molecule has 3 nitrogen and oxygen atoms in total. The molecule has 0 amide bonds. The molecular weight excluding hydrogens is 312 g/mol. The van der Waals surface area contributed by atoms with E-state index in [2.05, 4.69) is 31.2 Å². The Bertz CT molecular complexity index is 876. The number of rotatable bonds is 4. The average Bonchev–Trinajstić information content (AvgIpc) is 3.23. The molecule has 0 N–H and O–H groups in total. The molecule has 5 heteroatoms. The summed E-state index contributed by atoms with van der Waals surface area (Å²) in [5.41, 5.74) is 2.65. The van der Waals surface area contributed by atoms with Crippen molar-refractivity contribution in [3.05, 3.63) is 57.2 Å². The number of benzene rings is 1. The van der Waals surface area contributed by atoms with Crippen LogP contribution < -0.4 is 5.56 Å². The van der Waals surface area contributed by atoms with Gasteiger partial charge in [-0.1, -0.05) is 41.6 Å². The second-order valence-electron chi connectivity index (χ2n) is 5.71. The summed E-state index contributed by atoms with van der Waals surface area (Å²) in [5.74, 6) is 0.844. The molecule has 0 aliphatic heterocycles. The lowest BCUT2D eigenvalue weighted by Gasteiger charge is -2.11. The molecule has 1 aliphatic carbocycles. The Morgan fingerprint density at radius 3 is 2.77 bits per heavy atom. The fourth-order valence-corrected chi connectivity index (χ4v) is 4.32. The van der Waals surface area contributed by atoms with Crippen LogP contribution in [-0.2, 0) is 5.75 Å². The second kappa shape index (κ2) is 5.56. The van der Waals surface area contributed by atoms with Gasteiger partial charge in [0.2, 0.25) is 0 Å². The highest BCUT2D eigenvalue weighted by Crippen LogP contribution is 2.37. The van der Waals surface area contributed by atoms with Gasteiger partial charge in [-0.2, -0.15) is 0 Å². The second-order valence-corrected chi connectivity index (χ2v) is 7.55. The van der Waals surface area contributed by atoms with Crippen LogP contribution in [0.1, 0.15) is 30.0 Å². The molecule has 0 radical (unpaired) electrons. The predicted molar refractivity (Wildman–Crippen MR) is 92.9 cm³/mol. The van der Waals surface area contributed by atoms with Gasteiger partial charge in [0.15, 0.2) is 5.16 Å². The third-order valence-corrected chi connectivity index (χ3v) is 5.73. The maximum atomic E-state index is 12.7. The number of fused-ring (bicyclic) bond motifs is 1. The largest absolute Gasteiger partial charge is 0.284 e. The number of thioether (sulfide) groups is 1. The topological polar surface area (TPSA) is 34.9 Å². The molecule has 0 spiro atoms. The standard InChI is InChI=1S/C17H16N2OS2/c1-11-2-4-12(5-3-11)10-22-17-18-15-14(8-9-21-15)16(20)19(17)13-6-7-13/h2-5,8-9,13H,6-7,10H2,1H3. The van der Waals surface area contributed by atoms with Crippen LogP contribution in [0.15, 0.2) is 45.7 Å². The van der Waals surface area contributed by atoms with E-state index in [1.54, 1.807) is 23.1 Å². The van der Waals surface area contributed by atoms with Crippen LogP contribution in [0.3, 0.4) is 0 Å². The Hall–Kier alpha value is -1.59. The smallest absolute Gasteiger partial charge is 0.263 e. The maximum Gasteiger partial charge on any atom is 0.263 e. The van der Waals surface area contributed by atoms with Gasteiger partial charge in [0, 0.05) is 11.8 Å². The average molecular weight is 328 g/mol. The molecular formula is C17H16N2OS2. The van der Waals surface area contributed by atoms with E-state index in [1.165, 1.54) is 11.1 Å². The summed E-state index contributed by atoms with van der Waals surface area (Å²) in [6, 6.07) is 10.8. The van der Waals surface area contributed by atoms with Gasteiger partial charge in [-0.25, -0.2) is 4.98 Å². The number of thiophene rings is 1. The van der Waals surface area contributed by atoms with Crippen LogP contribution in [0.5, 0.6) is 0 Å². The Morgan fingerprint density at radius 1 is 1.27 bits per heavy atom. The number of hydrogen-bond acceptors (Lipinski definition) is 4. The van der Waals surface area contributed by atoms with Gasteiger partial charge in [-0.05, 0) is 36.8 Å². The summed E-state index contributed by atoms with van der Waals surface area (Å²) in [6.45, 7) is 2.09. The van der Waals surface area contributed by atoms with E-state index in [0.29, 0.717) is 6.04 Å². The van der Waals surface area contributed by atoms with Gasteiger partial charge < -0.3 is 0 Å². The molecule has 22 heavy (non-hydrogen) atoms. The van der Waals surface area contributed by atoms with Crippen molar-refractivity contribution < 1.29 is 0 Å². The molecule has 2 heterocycles. The Kier molecular flexibility index (Phi) is 3.54. The van der Waals surface area contributed by atoms with E-state index >= 15 is 0 Å². The molecule has 2 aromatic heterocycles. The van der Waals surface area contributed by atoms with E-state index in [4.69, 9.17) is 4.98 Å². The SMILES string of the molecule is Cc1ccc(CSc2nc3sccc3c(=O)n2C2CC2)cc1. The van der Waals surface area contributed by atoms with E-state index in [-0.39, 0.29) is 5.56 Å². The summed E-state index contributed by atoms with van der Waals surface area (Å²) in [6.07, 6.45) is 2.19. The van der Waals surface area contributed by atoms with Crippen molar-refractivity contribution in [2.45, 2.75) is 36.7 Å². The van der Waals surface area contributed by atoms with Crippen molar-refractivity contribution in [2.75, 3.05) is 0 Å². The number of nitrogens with zero attached hydrogens (tertiary/aromatic N) is 2. The fraction of sp³-hybridized carbons (Fsp3) is 0.294. The van der Waals surface area contributed by atoms with Gasteiger partial charge in [0.1, 0.15) is 4.83 Å². The van der Waals surface area contributed by atoms with Crippen molar-refractivity contribution in [3.63, 3.8) is 0 Å². The minimum Gasteiger partial charge on any atom is -0.284 e. The van der Waals surface area contributed by atoms with Crippen LogP contribution in [0, 0.1) is 6.92 Å². The molecule has 4 rings (SSSR count). The molecule has 1 aliphatic rings. The van der Waals surface area contributed by atoms with E-state index in [0.717, 1.165) is 34.0 Å². The normalized spacial score (nSPS) is 14.6. The third-order valence-electron chi connectivity index (χ3n) is 3.90. The number of aryl methyl sites for hydroxylation is 1. The monoisotopic (exact) mass is 328 g/mol. The summed E-state index contributed by atoms with van der Waals surface area (Å²) < 4.78 is 1.91. The van der Waals surface area contributed by atoms with E-state index < -0.39 is 0 Å². The first kappa shape index (κ1) is 14.0. The first-order chi connectivity index (χ1) is 10.7. The summed E-state index contributed by atoms with van der Waals surface area (Å²) in [7, 11) is 0. The lowest BCUT2D eigenvalue weighted by Crippen LogP contribution is -2.21. The highest BCUT2D eigenvalue weighted by Gasteiger charge is 2.28. The molecule has 0 bridgehead atoms. The van der Waals surface area contributed by atoms with E-state index in [9.17, 15) is 4.79 Å². The lowest BCUT2D eigenvalue weighted by atomic mass is 10.2. The first-order valence-corrected chi connectivity index (χ1v) is 9.27. The molecule has 0 atom stereocenters. The van der Waals surface area contributed by atoms with Gasteiger partial charge in [0.05, 0.1) is 5.39 Å². The van der Waals surface area contributed by atoms with Crippen LogP contribution >= 0.6 is 23.1 Å². The predicted octanol–water partition coefficient (Wildman–Crippen LogP) is 4.39. The molecule has 1 fully saturated rings. The first-order valence-electron chi connectivity index (χ1n) is 7.40. The zero-order valence-electron chi connectivity index (χ0n) is 12.3. The van der Waals surface area contributed by atoms with Crippen LogP contribution in [-0.4, -0.2) is 9.55 Å². The Morgan fingerprint density at radius 2 is 2.05 bits per heavy atom. The van der Waals surface area contributed by atoms with Gasteiger partial charge in [-0.3, -0.25) is 9.36 Å². The minimum atomic E-state index is 0.125. The van der Waals surface area contributed by atoms with Gasteiger partial charge >= 0.3 is 0 Å². The van der Waals surface area contributed by atoms with Crippen molar-refractivity contribution >= 4 is 33.3 Å². The highest BCUT2D eigenvalue weighted by atomic mass is 32.2. The van der Waals surface area contributed by atoms with Crippen molar-refractivity contribution in [1.82, 2.24) is 9.55 Å². The zero-order chi connectivity index (χ0) is 15.1. The molecule has 1 aromatic carbocycles. The van der Waals surface area contributed by atoms with Crippen LogP contribution in [0.4, 0.5) is 0 Å². The third kappa shape index (κ3) is 2.59. The molecule has 0 saturated heterocycles. The number of hydrogen-bond donors (Lipinski definition) is 0. The fourth-order valence-electron chi connectivity index (χ4n) is 2.50. The summed E-state index contributed by atoms with van der Waals surface area (Å²) in [4.78, 5) is 18.3. The zero-order valence-corrected chi connectivity index (χ0v) is 13.9. The van der Waals surface area contributed by atoms with Gasteiger partial charge in [-0.15, -0.1) is 11.3 Å². The Labute approximate surface area is 137 Å². The lowest BCUT2D eigenvalue weighted by molar-refractivity contribution is 0.619.